The van der Waals surface area contributed by atoms with Crippen molar-refractivity contribution >= 4 is 17.2 Å². The van der Waals surface area contributed by atoms with Crippen LogP contribution in [-0.2, 0) is 6.42 Å². The third kappa shape index (κ3) is 1.39. The fourth-order valence-corrected chi connectivity index (χ4v) is 3.39. The summed E-state index contributed by atoms with van der Waals surface area (Å²) in [6.45, 7) is 4.20. The van der Waals surface area contributed by atoms with Gasteiger partial charge in [-0.2, -0.15) is 0 Å². The number of fused-ring (bicyclic) bond motifs is 3. The van der Waals surface area contributed by atoms with E-state index in [1.165, 1.54) is 29.5 Å². The minimum absolute atomic E-state index is 0.756. The molecule has 1 fully saturated rings. The van der Waals surface area contributed by atoms with Crippen molar-refractivity contribution in [1.29, 1.82) is 0 Å². The number of hydrogen-bond donors (Lipinski definition) is 1. The normalized spacial score (nSPS) is 23.6. The molecule has 1 aromatic heterocycles. The Labute approximate surface area is 111 Å². The molecule has 1 heterocycles. The summed E-state index contributed by atoms with van der Waals surface area (Å²) >= 11 is 6.25. The van der Waals surface area contributed by atoms with Crippen molar-refractivity contribution in [1.82, 2.24) is 9.97 Å². The third-order valence-corrected chi connectivity index (χ3v) is 4.40. The smallest absolute Gasteiger partial charge is 0.0924 e. The van der Waals surface area contributed by atoms with Crippen molar-refractivity contribution in [3.05, 3.63) is 58.6 Å². The van der Waals surface area contributed by atoms with E-state index in [9.17, 15) is 0 Å². The Hall–Kier alpha value is -1.54. The Morgan fingerprint density at radius 1 is 1.44 bits per heavy atom. The number of halogens is 1. The summed E-state index contributed by atoms with van der Waals surface area (Å²) in [5, 5.41) is 0.817. The van der Waals surface area contributed by atoms with Gasteiger partial charge in [0.25, 0.3) is 0 Å². The molecule has 1 aromatic carbocycles. The van der Waals surface area contributed by atoms with E-state index in [4.69, 9.17) is 11.6 Å². The van der Waals surface area contributed by atoms with E-state index < -0.39 is 0 Å². The van der Waals surface area contributed by atoms with Crippen molar-refractivity contribution in [2.45, 2.75) is 18.8 Å². The molecule has 2 aliphatic carbocycles. The first kappa shape index (κ1) is 10.4. The molecule has 0 bridgehead atoms. The zero-order valence-corrected chi connectivity index (χ0v) is 10.7. The molecule has 1 saturated carbocycles. The second-order valence-electron chi connectivity index (χ2n) is 5.27. The number of rotatable bonds is 2. The second-order valence-corrected chi connectivity index (χ2v) is 5.71. The summed E-state index contributed by atoms with van der Waals surface area (Å²) in [5.74, 6) is 1.61. The molecule has 1 N–H and O–H groups in total. The van der Waals surface area contributed by atoms with Crippen LogP contribution in [0, 0.1) is 5.92 Å². The molecule has 2 aliphatic rings. The standard InChI is InChI=1S/C15H13ClN2/c1-8(15-6-17-7-18-15)11-4-10(16)5-14-12-2-9(12)3-13(11)14/h4-7,9,12H,1-3H2,(H,17,18). The lowest BCUT2D eigenvalue weighted by molar-refractivity contribution is 0.855. The summed E-state index contributed by atoms with van der Waals surface area (Å²) in [5.41, 5.74) is 6.05. The van der Waals surface area contributed by atoms with Crippen molar-refractivity contribution in [3.8, 4) is 0 Å². The molecule has 2 nitrogen and oxygen atoms in total. The van der Waals surface area contributed by atoms with Crippen LogP contribution >= 0.6 is 11.6 Å². The van der Waals surface area contributed by atoms with Crippen LogP contribution in [0.5, 0.6) is 0 Å². The van der Waals surface area contributed by atoms with Crippen molar-refractivity contribution < 1.29 is 0 Å². The lowest BCUT2D eigenvalue weighted by Crippen LogP contribution is -1.97. The summed E-state index contributed by atoms with van der Waals surface area (Å²) in [6.07, 6.45) is 6.01. The van der Waals surface area contributed by atoms with E-state index in [1.54, 1.807) is 6.33 Å². The number of aromatic nitrogens is 2. The van der Waals surface area contributed by atoms with Gasteiger partial charge in [-0.1, -0.05) is 18.2 Å². The Bertz CT molecular complexity index is 643. The maximum absolute atomic E-state index is 6.25. The molecular weight excluding hydrogens is 244 g/mol. The molecule has 0 aliphatic heterocycles. The number of aromatic amines is 1. The molecule has 4 rings (SSSR count). The van der Waals surface area contributed by atoms with E-state index in [0.717, 1.165) is 28.1 Å². The van der Waals surface area contributed by atoms with Gasteiger partial charge in [0.15, 0.2) is 0 Å². The van der Waals surface area contributed by atoms with E-state index in [-0.39, 0.29) is 0 Å². The first-order valence-corrected chi connectivity index (χ1v) is 6.62. The van der Waals surface area contributed by atoms with Crippen LogP contribution in [0.1, 0.15) is 34.7 Å². The number of nitrogens with one attached hydrogen (secondary N) is 1. The van der Waals surface area contributed by atoms with E-state index >= 15 is 0 Å². The van der Waals surface area contributed by atoms with Crippen LogP contribution in [0.4, 0.5) is 0 Å². The van der Waals surface area contributed by atoms with Crippen LogP contribution in [0.15, 0.2) is 31.2 Å². The van der Waals surface area contributed by atoms with Gasteiger partial charge in [0.2, 0.25) is 0 Å². The van der Waals surface area contributed by atoms with Gasteiger partial charge in [-0.15, -0.1) is 0 Å². The minimum Gasteiger partial charge on any atom is -0.345 e. The first-order valence-electron chi connectivity index (χ1n) is 6.24. The molecule has 2 unspecified atom stereocenters. The highest BCUT2D eigenvalue weighted by atomic mass is 35.5. The maximum atomic E-state index is 6.25. The zero-order valence-electron chi connectivity index (χ0n) is 9.91. The van der Waals surface area contributed by atoms with Crippen molar-refractivity contribution in [2.24, 2.45) is 5.92 Å². The molecule has 0 amide bonds. The van der Waals surface area contributed by atoms with Gasteiger partial charge in [-0.3, -0.25) is 0 Å². The van der Waals surface area contributed by atoms with Crippen LogP contribution in [0.2, 0.25) is 5.02 Å². The zero-order chi connectivity index (χ0) is 12.3. The topological polar surface area (TPSA) is 28.7 Å². The van der Waals surface area contributed by atoms with Crippen LogP contribution < -0.4 is 0 Å². The Morgan fingerprint density at radius 2 is 2.33 bits per heavy atom. The molecule has 0 spiro atoms. The van der Waals surface area contributed by atoms with Gasteiger partial charge in [0.05, 0.1) is 18.2 Å². The summed E-state index contributed by atoms with van der Waals surface area (Å²) in [7, 11) is 0. The highest BCUT2D eigenvalue weighted by Crippen LogP contribution is 2.58. The fraction of sp³-hybridized carbons (Fsp3) is 0.267. The molecule has 90 valence electrons. The quantitative estimate of drug-likeness (QED) is 0.870. The predicted octanol–water partition coefficient (Wildman–Crippen LogP) is 3.78. The Balaban J connectivity index is 1.86. The number of benzene rings is 1. The third-order valence-electron chi connectivity index (χ3n) is 4.19. The van der Waals surface area contributed by atoms with Gasteiger partial charge >= 0.3 is 0 Å². The van der Waals surface area contributed by atoms with Crippen LogP contribution in [-0.4, -0.2) is 9.97 Å². The van der Waals surface area contributed by atoms with Crippen LogP contribution in [0.3, 0.4) is 0 Å². The highest BCUT2D eigenvalue weighted by molar-refractivity contribution is 6.31. The SMILES string of the molecule is C=C(c1cnc[nH]1)c1cc(Cl)cc2c1CC1CC21. The minimum atomic E-state index is 0.756. The predicted molar refractivity (Wildman–Crippen MR) is 72.7 cm³/mol. The molecule has 0 radical (unpaired) electrons. The summed E-state index contributed by atoms with van der Waals surface area (Å²) in [4.78, 5) is 7.17. The molecular formula is C15H13ClN2. The van der Waals surface area contributed by atoms with E-state index in [1.807, 2.05) is 12.3 Å². The van der Waals surface area contributed by atoms with Gasteiger partial charge in [-0.25, -0.2) is 4.98 Å². The van der Waals surface area contributed by atoms with Gasteiger partial charge in [0.1, 0.15) is 0 Å². The molecule has 18 heavy (non-hydrogen) atoms. The number of nitrogens with zero attached hydrogens (tertiary/aromatic N) is 1. The molecule has 2 atom stereocenters. The molecule has 0 saturated heterocycles. The van der Waals surface area contributed by atoms with Gasteiger partial charge in [0, 0.05) is 5.02 Å². The van der Waals surface area contributed by atoms with Crippen molar-refractivity contribution in [2.75, 3.05) is 0 Å². The second kappa shape index (κ2) is 3.48. The molecule has 3 heteroatoms. The largest absolute Gasteiger partial charge is 0.345 e. The average Bonchev–Trinajstić information content (AvgIpc) is 2.79. The number of imidazole rings is 1. The Kier molecular flexibility index (Phi) is 2.01. The first-order chi connectivity index (χ1) is 8.74. The van der Waals surface area contributed by atoms with E-state index in [0.29, 0.717) is 0 Å². The van der Waals surface area contributed by atoms with Gasteiger partial charge < -0.3 is 4.98 Å². The lowest BCUT2D eigenvalue weighted by Gasteiger charge is -2.13. The van der Waals surface area contributed by atoms with Gasteiger partial charge in [-0.05, 0) is 59.1 Å². The average molecular weight is 257 g/mol. The van der Waals surface area contributed by atoms with Crippen LogP contribution in [0.25, 0.3) is 5.57 Å². The number of hydrogen-bond acceptors (Lipinski definition) is 1. The summed E-state index contributed by atoms with van der Waals surface area (Å²) in [6, 6.07) is 4.17. The summed E-state index contributed by atoms with van der Waals surface area (Å²) < 4.78 is 0. The van der Waals surface area contributed by atoms with E-state index in [2.05, 4.69) is 22.6 Å². The lowest BCUT2D eigenvalue weighted by atomic mass is 9.94. The molecule has 2 aromatic rings. The Morgan fingerprint density at radius 3 is 3.11 bits per heavy atom. The van der Waals surface area contributed by atoms with Crippen molar-refractivity contribution in [3.63, 3.8) is 0 Å². The maximum Gasteiger partial charge on any atom is 0.0924 e. The highest BCUT2D eigenvalue weighted by Gasteiger charge is 2.46. The fourth-order valence-electron chi connectivity index (χ4n) is 3.17. The number of H-pyrrole nitrogens is 1. The monoisotopic (exact) mass is 256 g/mol.